The highest BCUT2D eigenvalue weighted by Crippen LogP contribution is 2.30. The van der Waals surface area contributed by atoms with Crippen molar-refractivity contribution in [1.82, 2.24) is 20.3 Å². The van der Waals surface area contributed by atoms with Crippen LogP contribution in [0.25, 0.3) is 22.8 Å². The Morgan fingerprint density at radius 2 is 2.09 bits per heavy atom. The van der Waals surface area contributed by atoms with Crippen LogP contribution >= 0.6 is 0 Å². The molecule has 0 bridgehead atoms. The van der Waals surface area contributed by atoms with Gasteiger partial charge in [0.2, 0.25) is 0 Å². The summed E-state index contributed by atoms with van der Waals surface area (Å²) < 4.78 is 10.8. The molecule has 0 amide bonds. The molecule has 1 N–H and O–H groups in total. The van der Waals surface area contributed by atoms with Crippen LogP contribution in [0.3, 0.4) is 0 Å². The summed E-state index contributed by atoms with van der Waals surface area (Å²) in [7, 11) is 0. The van der Waals surface area contributed by atoms with Gasteiger partial charge in [0.05, 0.1) is 12.3 Å². The van der Waals surface area contributed by atoms with E-state index in [-0.39, 0.29) is 5.92 Å². The van der Waals surface area contributed by atoms with Crippen molar-refractivity contribution < 1.29 is 9.26 Å². The first-order valence-corrected chi connectivity index (χ1v) is 7.35. The quantitative estimate of drug-likeness (QED) is 0.804. The molecule has 112 valence electrons. The van der Waals surface area contributed by atoms with Gasteiger partial charge in [-0.2, -0.15) is 10.1 Å². The molecule has 1 fully saturated rings. The molecule has 1 aliphatic heterocycles. The smallest absolute Gasteiger partial charge is 0.276 e. The van der Waals surface area contributed by atoms with Crippen molar-refractivity contribution in [2.75, 3.05) is 13.2 Å². The molecule has 6 heteroatoms. The summed E-state index contributed by atoms with van der Waals surface area (Å²) in [6, 6.07) is 10.0. The average molecular weight is 296 g/mol. The summed E-state index contributed by atoms with van der Waals surface area (Å²) in [6.07, 6.45) is 0.941. The van der Waals surface area contributed by atoms with Gasteiger partial charge in [-0.3, -0.25) is 5.10 Å². The minimum Gasteiger partial charge on any atom is -0.381 e. The van der Waals surface area contributed by atoms with Crippen molar-refractivity contribution in [1.29, 1.82) is 0 Å². The number of hydrogen-bond donors (Lipinski definition) is 1. The number of H-pyrrole nitrogens is 1. The Hall–Kier alpha value is -2.47. The normalized spacial score (nSPS) is 18.0. The molecule has 0 saturated carbocycles. The number of aromatic amines is 1. The lowest BCUT2D eigenvalue weighted by molar-refractivity contribution is 0.192. The molecular formula is C16H16N4O2. The van der Waals surface area contributed by atoms with Crippen LogP contribution in [0, 0.1) is 6.92 Å². The number of nitrogens with zero attached hydrogens (tertiary/aromatic N) is 3. The van der Waals surface area contributed by atoms with Crippen LogP contribution in [0.4, 0.5) is 0 Å². The fourth-order valence-corrected chi connectivity index (χ4v) is 2.72. The summed E-state index contributed by atoms with van der Waals surface area (Å²) in [6.45, 7) is 3.43. The lowest BCUT2D eigenvalue weighted by Gasteiger charge is -1.98. The first-order chi connectivity index (χ1) is 10.8. The fraction of sp³-hybridized carbons (Fsp3) is 0.312. The lowest BCUT2D eigenvalue weighted by atomic mass is 10.1. The molecule has 1 saturated heterocycles. The van der Waals surface area contributed by atoms with Gasteiger partial charge in [0.25, 0.3) is 5.89 Å². The zero-order chi connectivity index (χ0) is 14.9. The number of benzene rings is 1. The first kappa shape index (κ1) is 13.2. The SMILES string of the molecule is Cc1c(-c2ccccc2)n[nH]c1-c1nc([C@@H]2CCOC2)no1. The van der Waals surface area contributed by atoms with Crippen LogP contribution < -0.4 is 0 Å². The van der Waals surface area contributed by atoms with Gasteiger partial charge in [0, 0.05) is 23.7 Å². The summed E-state index contributed by atoms with van der Waals surface area (Å²) in [5.74, 6) is 1.42. The molecule has 4 rings (SSSR count). The van der Waals surface area contributed by atoms with Gasteiger partial charge in [-0.05, 0) is 13.3 Å². The van der Waals surface area contributed by atoms with Gasteiger partial charge in [0.15, 0.2) is 5.82 Å². The van der Waals surface area contributed by atoms with Crippen LogP contribution in [0.2, 0.25) is 0 Å². The fourth-order valence-electron chi connectivity index (χ4n) is 2.72. The van der Waals surface area contributed by atoms with Crippen LogP contribution in [0.5, 0.6) is 0 Å². The van der Waals surface area contributed by atoms with Crippen LogP contribution in [0.15, 0.2) is 34.9 Å². The van der Waals surface area contributed by atoms with Crippen LogP contribution in [-0.4, -0.2) is 33.6 Å². The summed E-state index contributed by atoms with van der Waals surface area (Å²) >= 11 is 0. The second kappa shape index (κ2) is 5.38. The lowest BCUT2D eigenvalue weighted by Crippen LogP contribution is -1.99. The average Bonchev–Trinajstić information content (AvgIpc) is 3.28. The van der Waals surface area contributed by atoms with Gasteiger partial charge in [0.1, 0.15) is 5.69 Å². The summed E-state index contributed by atoms with van der Waals surface area (Å²) in [5, 5.41) is 11.5. The molecule has 0 spiro atoms. The van der Waals surface area contributed by atoms with E-state index in [1.165, 1.54) is 0 Å². The van der Waals surface area contributed by atoms with E-state index in [9.17, 15) is 0 Å². The molecule has 6 nitrogen and oxygen atoms in total. The maximum Gasteiger partial charge on any atom is 0.276 e. The van der Waals surface area contributed by atoms with Crippen molar-refractivity contribution in [2.45, 2.75) is 19.3 Å². The minimum absolute atomic E-state index is 0.231. The Morgan fingerprint density at radius 1 is 1.23 bits per heavy atom. The highest BCUT2D eigenvalue weighted by molar-refractivity contribution is 5.70. The highest BCUT2D eigenvalue weighted by Gasteiger charge is 2.25. The molecule has 22 heavy (non-hydrogen) atoms. The van der Waals surface area contributed by atoms with Gasteiger partial charge < -0.3 is 9.26 Å². The van der Waals surface area contributed by atoms with Crippen molar-refractivity contribution in [3.8, 4) is 22.8 Å². The Morgan fingerprint density at radius 3 is 2.86 bits per heavy atom. The van der Waals surface area contributed by atoms with Crippen molar-refractivity contribution in [2.24, 2.45) is 0 Å². The second-order valence-electron chi connectivity index (χ2n) is 5.46. The number of aromatic nitrogens is 4. The van der Waals surface area contributed by atoms with E-state index in [2.05, 4.69) is 20.3 Å². The van der Waals surface area contributed by atoms with Gasteiger partial charge in [-0.15, -0.1) is 0 Å². The molecule has 0 radical (unpaired) electrons. The van der Waals surface area contributed by atoms with Crippen molar-refractivity contribution in [3.05, 3.63) is 41.7 Å². The Balaban J connectivity index is 1.67. The zero-order valence-corrected chi connectivity index (χ0v) is 12.2. The number of hydrogen-bond acceptors (Lipinski definition) is 5. The van der Waals surface area contributed by atoms with Crippen LogP contribution in [-0.2, 0) is 4.74 Å². The molecule has 0 aliphatic carbocycles. The van der Waals surface area contributed by atoms with Crippen molar-refractivity contribution in [3.63, 3.8) is 0 Å². The van der Waals surface area contributed by atoms with Gasteiger partial charge in [-0.25, -0.2) is 0 Å². The van der Waals surface area contributed by atoms with E-state index < -0.39 is 0 Å². The highest BCUT2D eigenvalue weighted by atomic mass is 16.5. The zero-order valence-electron chi connectivity index (χ0n) is 12.2. The Labute approximate surface area is 127 Å². The monoisotopic (exact) mass is 296 g/mol. The van der Waals surface area contributed by atoms with E-state index in [0.29, 0.717) is 18.3 Å². The van der Waals surface area contributed by atoms with E-state index >= 15 is 0 Å². The molecule has 1 aromatic carbocycles. The number of ether oxygens (including phenoxy) is 1. The Bertz CT molecular complexity index is 773. The standard InChI is InChI=1S/C16H16N4O2/c1-10-13(11-5-3-2-4-6-11)18-19-14(10)16-17-15(20-22-16)12-7-8-21-9-12/h2-6,12H,7-9H2,1H3,(H,18,19)/t12-/m1/s1. The topological polar surface area (TPSA) is 76.8 Å². The predicted molar refractivity (Wildman–Crippen MR) is 80.2 cm³/mol. The van der Waals surface area contributed by atoms with E-state index in [4.69, 9.17) is 9.26 Å². The summed E-state index contributed by atoms with van der Waals surface area (Å²) in [4.78, 5) is 4.50. The third kappa shape index (κ3) is 2.21. The third-order valence-electron chi connectivity index (χ3n) is 4.01. The van der Waals surface area contributed by atoms with E-state index in [1.54, 1.807) is 0 Å². The molecule has 2 aromatic heterocycles. The number of nitrogens with one attached hydrogen (secondary N) is 1. The van der Waals surface area contributed by atoms with Gasteiger partial charge >= 0.3 is 0 Å². The molecule has 0 unspecified atom stereocenters. The molecule has 1 aliphatic rings. The molecular weight excluding hydrogens is 280 g/mol. The minimum atomic E-state index is 0.231. The maximum atomic E-state index is 5.41. The number of rotatable bonds is 3. The predicted octanol–water partition coefficient (Wildman–Crippen LogP) is 2.94. The first-order valence-electron chi connectivity index (χ1n) is 7.35. The van der Waals surface area contributed by atoms with E-state index in [1.807, 2.05) is 37.3 Å². The second-order valence-corrected chi connectivity index (χ2v) is 5.46. The van der Waals surface area contributed by atoms with Crippen molar-refractivity contribution >= 4 is 0 Å². The maximum absolute atomic E-state index is 5.41. The van der Waals surface area contributed by atoms with Gasteiger partial charge in [-0.1, -0.05) is 35.5 Å². The third-order valence-corrected chi connectivity index (χ3v) is 4.01. The molecule has 3 aromatic rings. The van der Waals surface area contributed by atoms with E-state index in [0.717, 1.165) is 35.5 Å². The van der Waals surface area contributed by atoms with Crippen LogP contribution in [0.1, 0.15) is 23.7 Å². The molecule has 3 heterocycles. The largest absolute Gasteiger partial charge is 0.381 e. The Kier molecular flexibility index (Phi) is 3.23. The summed E-state index contributed by atoms with van der Waals surface area (Å²) in [5.41, 5.74) is 3.74. The molecule has 1 atom stereocenters.